The molecular weight excluding hydrogens is 504 g/mol. The van der Waals surface area contributed by atoms with E-state index in [1.807, 2.05) is 44.2 Å². The maximum Gasteiger partial charge on any atom is 0.243 e. The largest absolute Gasteiger partial charge is 0.349 e. The highest BCUT2D eigenvalue weighted by atomic mass is 16.2. The van der Waals surface area contributed by atoms with Crippen molar-refractivity contribution in [2.75, 3.05) is 6.54 Å². The Kier molecular flexibility index (Phi) is 15.4. The molecule has 3 atom stereocenters. The summed E-state index contributed by atoms with van der Waals surface area (Å²) < 4.78 is 0. The average Bonchev–Trinajstić information content (AvgIpc) is 2.93. The SMILES string of the molecule is CCCCCCCCCC(=O)N[C@@H](Cc1ccccc1)C(=O)N[C@H]1C/C=C/CNC(=O)/C=C/[C@H](C(C)C)NC1=O. The summed E-state index contributed by atoms with van der Waals surface area (Å²) in [6.07, 6.45) is 15.3. The lowest BCUT2D eigenvalue weighted by atomic mass is 10.0. The lowest BCUT2D eigenvalue weighted by Gasteiger charge is -2.26. The van der Waals surface area contributed by atoms with Crippen LogP contribution in [0.4, 0.5) is 0 Å². The molecule has 0 fully saturated rings. The number of carbonyl (C=O) groups excluding carboxylic acids is 4. The molecule has 1 aromatic rings. The summed E-state index contributed by atoms with van der Waals surface area (Å²) in [6, 6.07) is 7.53. The van der Waals surface area contributed by atoms with Crippen LogP contribution in [-0.2, 0) is 25.6 Å². The van der Waals surface area contributed by atoms with Gasteiger partial charge in [0.15, 0.2) is 0 Å². The first kappa shape index (κ1) is 32.8. The Morgan fingerprint density at radius 3 is 2.38 bits per heavy atom. The van der Waals surface area contributed by atoms with E-state index in [0.717, 1.165) is 24.8 Å². The highest BCUT2D eigenvalue weighted by molar-refractivity contribution is 5.92. The molecule has 0 aromatic heterocycles. The summed E-state index contributed by atoms with van der Waals surface area (Å²) in [7, 11) is 0. The normalized spacial score (nSPS) is 20.3. The minimum Gasteiger partial charge on any atom is -0.349 e. The molecule has 1 aliphatic rings. The number of hydrogen-bond donors (Lipinski definition) is 4. The zero-order valence-electron chi connectivity index (χ0n) is 24.4. The fourth-order valence-corrected chi connectivity index (χ4v) is 4.50. The molecule has 0 aliphatic carbocycles. The van der Waals surface area contributed by atoms with E-state index >= 15 is 0 Å². The van der Waals surface area contributed by atoms with E-state index in [9.17, 15) is 19.2 Å². The molecule has 0 saturated heterocycles. The lowest BCUT2D eigenvalue weighted by Crippen LogP contribution is -2.55. The van der Waals surface area contributed by atoms with Crippen LogP contribution in [0.15, 0.2) is 54.6 Å². The van der Waals surface area contributed by atoms with Gasteiger partial charge in [-0.15, -0.1) is 0 Å². The highest BCUT2D eigenvalue weighted by Crippen LogP contribution is 2.10. The van der Waals surface area contributed by atoms with Crippen molar-refractivity contribution in [2.45, 2.75) is 103 Å². The number of hydrogen-bond acceptors (Lipinski definition) is 4. The Bertz CT molecular complexity index is 990. The van der Waals surface area contributed by atoms with Gasteiger partial charge in [-0.25, -0.2) is 0 Å². The van der Waals surface area contributed by atoms with E-state index in [4.69, 9.17) is 0 Å². The van der Waals surface area contributed by atoms with Crippen LogP contribution in [-0.4, -0.2) is 48.3 Å². The van der Waals surface area contributed by atoms with Crippen LogP contribution in [0.1, 0.15) is 84.1 Å². The number of carbonyl (C=O) groups is 4. The number of unbranched alkanes of at least 4 members (excludes halogenated alkanes) is 6. The average molecular weight is 553 g/mol. The van der Waals surface area contributed by atoms with Crippen LogP contribution >= 0.6 is 0 Å². The fraction of sp³-hybridized carbons (Fsp3) is 0.562. The van der Waals surface area contributed by atoms with Crippen molar-refractivity contribution in [1.29, 1.82) is 0 Å². The zero-order valence-corrected chi connectivity index (χ0v) is 24.4. The standard InChI is InChI=1S/C32H48N4O4/c1-4-5-6-7-8-9-13-19-30(38)34-28(23-25-16-11-10-12-17-25)32(40)36-27-18-14-15-22-33-29(37)21-20-26(24(2)3)35-31(27)39/h10-12,14-17,20-21,24,26-28H,4-9,13,18-19,22-23H2,1-3H3,(H,33,37)(H,34,38)(H,35,39)(H,36,40)/b15-14+,21-20+/t26-,27+,28+/m1/s1. The number of nitrogens with one attached hydrogen (secondary N) is 4. The summed E-state index contributed by atoms with van der Waals surface area (Å²) in [4.78, 5) is 51.5. The molecule has 0 saturated carbocycles. The third-order valence-corrected chi connectivity index (χ3v) is 6.99. The molecular formula is C32H48N4O4. The Balaban J connectivity index is 2.08. The molecule has 0 radical (unpaired) electrons. The minimum atomic E-state index is -0.827. The predicted octanol–water partition coefficient (Wildman–Crippen LogP) is 4.11. The van der Waals surface area contributed by atoms with Crippen molar-refractivity contribution in [3.05, 3.63) is 60.2 Å². The molecule has 40 heavy (non-hydrogen) atoms. The van der Waals surface area contributed by atoms with Crippen LogP contribution in [0.5, 0.6) is 0 Å². The van der Waals surface area contributed by atoms with Gasteiger partial charge in [0.2, 0.25) is 23.6 Å². The summed E-state index contributed by atoms with van der Waals surface area (Å²) in [5.41, 5.74) is 0.919. The van der Waals surface area contributed by atoms with Gasteiger partial charge in [0.1, 0.15) is 12.1 Å². The predicted molar refractivity (Wildman–Crippen MR) is 159 cm³/mol. The monoisotopic (exact) mass is 552 g/mol. The molecule has 8 nitrogen and oxygen atoms in total. The van der Waals surface area contributed by atoms with E-state index in [1.54, 1.807) is 18.2 Å². The van der Waals surface area contributed by atoms with Crippen molar-refractivity contribution in [3.8, 4) is 0 Å². The molecule has 1 aromatic carbocycles. The van der Waals surface area contributed by atoms with Gasteiger partial charge in [-0.2, -0.15) is 0 Å². The first-order chi connectivity index (χ1) is 19.3. The molecule has 1 aliphatic heterocycles. The van der Waals surface area contributed by atoms with Crippen molar-refractivity contribution < 1.29 is 19.2 Å². The molecule has 8 heteroatoms. The first-order valence-electron chi connectivity index (χ1n) is 14.8. The highest BCUT2D eigenvalue weighted by Gasteiger charge is 2.28. The molecule has 4 N–H and O–H groups in total. The fourth-order valence-electron chi connectivity index (χ4n) is 4.50. The summed E-state index contributed by atoms with van der Waals surface area (Å²) in [5, 5.41) is 11.5. The second kappa shape index (κ2) is 18.8. The van der Waals surface area contributed by atoms with Gasteiger partial charge in [-0.1, -0.05) is 108 Å². The first-order valence-corrected chi connectivity index (χ1v) is 14.8. The van der Waals surface area contributed by atoms with E-state index < -0.39 is 18.0 Å². The van der Waals surface area contributed by atoms with E-state index in [-0.39, 0.29) is 36.1 Å². The second-order valence-electron chi connectivity index (χ2n) is 10.8. The maximum absolute atomic E-state index is 13.5. The Labute approximate surface area is 239 Å². The zero-order chi connectivity index (χ0) is 29.2. The lowest BCUT2D eigenvalue weighted by molar-refractivity contribution is -0.132. The van der Waals surface area contributed by atoms with Gasteiger partial charge in [0.05, 0.1) is 0 Å². The summed E-state index contributed by atoms with van der Waals surface area (Å²) >= 11 is 0. The van der Waals surface area contributed by atoms with Crippen molar-refractivity contribution in [2.24, 2.45) is 5.92 Å². The van der Waals surface area contributed by atoms with Gasteiger partial charge >= 0.3 is 0 Å². The van der Waals surface area contributed by atoms with E-state index in [2.05, 4.69) is 28.2 Å². The van der Waals surface area contributed by atoms with Crippen molar-refractivity contribution in [3.63, 3.8) is 0 Å². The molecule has 0 spiro atoms. The van der Waals surface area contributed by atoms with Gasteiger partial charge in [-0.05, 0) is 24.3 Å². The summed E-state index contributed by atoms with van der Waals surface area (Å²) in [5.74, 6) is -1.09. The Morgan fingerprint density at radius 1 is 0.975 bits per heavy atom. The smallest absolute Gasteiger partial charge is 0.243 e. The van der Waals surface area contributed by atoms with E-state index in [0.29, 0.717) is 19.4 Å². The van der Waals surface area contributed by atoms with Gasteiger partial charge < -0.3 is 21.3 Å². The topological polar surface area (TPSA) is 116 Å². The third-order valence-electron chi connectivity index (χ3n) is 6.99. The van der Waals surface area contributed by atoms with Gasteiger partial charge in [0.25, 0.3) is 0 Å². The van der Waals surface area contributed by atoms with Gasteiger partial charge in [0, 0.05) is 31.5 Å². The molecule has 220 valence electrons. The molecule has 0 unspecified atom stereocenters. The van der Waals surface area contributed by atoms with Crippen molar-refractivity contribution >= 4 is 23.6 Å². The van der Waals surface area contributed by atoms with Crippen LogP contribution in [0.25, 0.3) is 0 Å². The van der Waals surface area contributed by atoms with Gasteiger partial charge in [-0.3, -0.25) is 19.2 Å². The summed E-state index contributed by atoms with van der Waals surface area (Å²) in [6.45, 7) is 6.41. The van der Waals surface area contributed by atoms with Crippen LogP contribution in [0.3, 0.4) is 0 Å². The Morgan fingerprint density at radius 2 is 1.68 bits per heavy atom. The van der Waals surface area contributed by atoms with Crippen LogP contribution in [0.2, 0.25) is 0 Å². The minimum absolute atomic E-state index is 0.0413. The maximum atomic E-state index is 13.5. The quantitative estimate of drug-likeness (QED) is 0.205. The number of rotatable bonds is 14. The Hall–Kier alpha value is -3.42. The number of benzene rings is 1. The molecule has 2 rings (SSSR count). The second-order valence-corrected chi connectivity index (χ2v) is 10.8. The van der Waals surface area contributed by atoms with Crippen molar-refractivity contribution in [1.82, 2.24) is 21.3 Å². The molecule has 4 amide bonds. The number of amides is 4. The van der Waals surface area contributed by atoms with E-state index in [1.165, 1.54) is 31.8 Å². The molecule has 1 heterocycles. The van der Waals surface area contributed by atoms with Crippen LogP contribution < -0.4 is 21.3 Å². The third kappa shape index (κ3) is 13.1. The van der Waals surface area contributed by atoms with Crippen LogP contribution in [0, 0.1) is 5.92 Å². The molecule has 0 bridgehead atoms.